The van der Waals surface area contributed by atoms with E-state index in [-0.39, 0.29) is 30.7 Å². The topological polar surface area (TPSA) is 86.6 Å². The molecule has 0 aromatic heterocycles. The van der Waals surface area contributed by atoms with Crippen LogP contribution in [0, 0.1) is 5.82 Å². The van der Waals surface area contributed by atoms with Crippen LogP contribution in [-0.4, -0.2) is 28.6 Å². The predicted octanol–water partition coefficient (Wildman–Crippen LogP) is 1.13. The Balaban J connectivity index is 2.50. The van der Waals surface area contributed by atoms with Gasteiger partial charge in [0, 0.05) is 19.0 Å². The number of phenols is 1. The highest BCUT2D eigenvalue weighted by Crippen LogP contribution is 2.14. The number of aromatic hydroxyl groups is 1. The van der Waals surface area contributed by atoms with E-state index in [4.69, 9.17) is 10.2 Å². The minimum Gasteiger partial charge on any atom is -0.508 e. The van der Waals surface area contributed by atoms with E-state index in [2.05, 4.69) is 5.32 Å². The molecule has 0 atom stereocenters. The number of phenolic OH excluding ortho intramolecular Hbond substituents is 1. The summed E-state index contributed by atoms with van der Waals surface area (Å²) in [5.41, 5.74) is -0.182. The molecular weight excluding hydrogens is 229 g/mol. The van der Waals surface area contributed by atoms with Crippen molar-refractivity contribution in [3.05, 3.63) is 29.6 Å². The van der Waals surface area contributed by atoms with Crippen LogP contribution in [-0.2, 0) is 4.79 Å². The highest BCUT2D eigenvalue weighted by Gasteiger charge is 2.11. The van der Waals surface area contributed by atoms with Crippen molar-refractivity contribution in [2.24, 2.45) is 0 Å². The number of rotatable bonds is 5. The lowest BCUT2D eigenvalue weighted by Gasteiger charge is -2.05. The van der Waals surface area contributed by atoms with Crippen molar-refractivity contribution in [1.82, 2.24) is 5.32 Å². The number of carboxylic acid groups (broad SMARTS) is 1. The molecule has 0 aliphatic carbocycles. The second kappa shape index (κ2) is 5.83. The van der Waals surface area contributed by atoms with E-state index in [0.717, 1.165) is 12.1 Å². The lowest BCUT2D eigenvalue weighted by molar-refractivity contribution is -0.137. The van der Waals surface area contributed by atoms with E-state index in [0.29, 0.717) is 0 Å². The van der Waals surface area contributed by atoms with E-state index < -0.39 is 17.7 Å². The van der Waals surface area contributed by atoms with Crippen LogP contribution in [0.4, 0.5) is 4.39 Å². The van der Waals surface area contributed by atoms with Crippen molar-refractivity contribution in [3.8, 4) is 5.75 Å². The maximum absolute atomic E-state index is 13.2. The Morgan fingerprint density at radius 1 is 1.35 bits per heavy atom. The van der Waals surface area contributed by atoms with Crippen LogP contribution in [0.3, 0.4) is 0 Å². The maximum Gasteiger partial charge on any atom is 0.303 e. The van der Waals surface area contributed by atoms with Gasteiger partial charge in [0.15, 0.2) is 0 Å². The monoisotopic (exact) mass is 241 g/mol. The third kappa shape index (κ3) is 4.10. The molecule has 0 saturated carbocycles. The Kier molecular flexibility index (Phi) is 4.45. The number of carboxylic acids is 1. The van der Waals surface area contributed by atoms with Crippen LogP contribution in [0.2, 0.25) is 0 Å². The molecule has 1 aromatic rings. The van der Waals surface area contributed by atoms with Gasteiger partial charge in [0.2, 0.25) is 0 Å². The standard InChI is InChI=1S/C11H12FNO4/c12-9-6-7(14)3-4-8(9)11(17)13-5-1-2-10(15)16/h3-4,6,14H,1-2,5H2,(H,13,17)(H,15,16). The normalized spacial score (nSPS) is 9.94. The first kappa shape index (κ1) is 13.0. The Morgan fingerprint density at radius 3 is 2.65 bits per heavy atom. The summed E-state index contributed by atoms with van der Waals surface area (Å²) in [4.78, 5) is 21.6. The number of benzene rings is 1. The Labute approximate surface area is 96.9 Å². The Bertz CT molecular complexity index is 433. The molecule has 0 heterocycles. The summed E-state index contributed by atoms with van der Waals surface area (Å²) in [6.45, 7) is 0.158. The molecule has 0 saturated heterocycles. The largest absolute Gasteiger partial charge is 0.508 e. The molecule has 1 aromatic carbocycles. The van der Waals surface area contributed by atoms with Crippen molar-refractivity contribution in [2.75, 3.05) is 6.54 Å². The fourth-order valence-corrected chi connectivity index (χ4v) is 1.22. The maximum atomic E-state index is 13.2. The highest BCUT2D eigenvalue weighted by molar-refractivity contribution is 5.94. The van der Waals surface area contributed by atoms with Crippen molar-refractivity contribution in [3.63, 3.8) is 0 Å². The Morgan fingerprint density at radius 2 is 2.06 bits per heavy atom. The number of aliphatic carboxylic acids is 1. The average Bonchev–Trinajstić information content (AvgIpc) is 2.23. The molecule has 5 nitrogen and oxygen atoms in total. The van der Waals surface area contributed by atoms with Crippen LogP contribution in [0.5, 0.6) is 5.75 Å². The van der Waals surface area contributed by atoms with E-state index in [1.54, 1.807) is 0 Å². The van der Waals surface area contributed by atoms with Gasteiger partial charge in [-0.1, -0.05) is 0 Å². The molecule has 0 radical (unpaired) electrons. The lowest BCUT2D eigenvalue weighted by atomic mass is 10.2. The zero-order valence-corrected chi connectivity index (χ0v) is 8.94. The molecule has 1 amide bonds. The SMILES string of the molecule is O=C(O)CCCNC(=O)c1ccc(O)cc1F. The third-order valence-electron chi connectivity index (χ3n) is 2.05. The van der Waals surface area contributed by atoms with Crippen LogP contribution in [0.25, 0.3) is 0 Å². The van der Waals surface area contributed by atoms with Gasteiger partial charge in [0.05, 0.1) is 5.56 Å². The highest BCUT2D eigenvalue weighted by atomic mass is 19.1. The summed E-state index contributed by atoms with van der Waals surface area (Å²) >= 11 is 0. The molecule has 1 rings (SSSR count). The van der Waals surface area contributed by atoms with Crippen LogP contribution in [0.1, 0.15) is 23.2 Å². The van der Waals surface area contributed by atoms with Gasteiger partial charge in [-0.05, 0) is 18.6 Å². The number of hydrogen-bond acceptors (Lipinski definition) is 3. The fraction of sp³-hybridized carbons (Fsp3) is 0.273. The van der Waals surface area contributed by atoms with Gasteiger partial charge < -0.3 is 15.5 Å². The molecular formula is C11H12FNO4. The van der Waals surface area contributed by atoms with Crippen molar-refractivity contribution >= 4 is 11.9 Å². The van der Waals surface area contributed by atoms with Crippen LogP contribution >= 0.6 is 0 Å². The summed E-state index contributed by atoms with van der Waals surface area (Å²) in [6.07, 6.45) is 0.221. The van der Waals surface area contributed by atoms with E-state index in [9.17, 15) is 14.0 Å². The summed E-state index contributed by atoms with van der Waals surface area (Å²) in [6, 6.07) is 3.21. The van der Waals surface area contributed by atoms with Crippen LogP contribution in [0.15, 0.2) is 18.2 Å². The number of nitrogens with one attached hydrogen (secondary N) is 1. The number of carbonyl (C=O) groups excluding carboxylic acids is 1. The van der Waals surface area contributed by atoms with E-state index >= 15 is 0 Å². The molecule has 92 valence electrons. The second-order valence-electron chi connectivity index (χ2n) is 3.42. The van der Waals surface area contributed by atoms with Gasteiger partial charge in [0.1, 0.15) is 11.6 Å². The smallest absolute Gasteiger partial charge is 0.303 e. The molecule has 0 fully saturated rings. The lowest BCUT2D eigenvalue weighted by Crippen LogP contribution is -2.25. The first-order valence-corrected chi connectivity index (χ1v) is 4.99. The molecule has 3 N–H and O–H groups in total. The van der Waals surface area contributed by atoms with Crippen molar-refractivity contribution in [1.29, 1.82) is 0 Å². The molecule has 0 aliphatic rings. The van der Waals surface area contributed by atoms with Gasteiger partial charge in [-0.15, -0.1) is 0 Å². The predicted molar refractivity (Wildman–Crippen MR) is 57.3 cm³/mol. The van der Waals surface area contributed by atoms with Gasteiger partial charge >= 0.3 is 5.97 Å². The Hall–Kier alpha value is -2.11. The van der Waals surface area contributed by atoms with Crippen molar-refractivity contribution < 1.29 is 24.2 Å². The zero-order chi connectivity index (χ0) is 12.8. The third-order valence-corrected chi connectivity index (χ3v) is 2.05. The van der Waals surface area contributed by atoms with Crippen LogP contribution < -0.4 is 5.32 Å². The molecule has 0 bridgehead atoms. The molecule has 0 unspecified atom stereocenters. The summed E-state index contributed by atoms with van der Waals surface area (Å²) < 4.78 is 13.2. The van der Waals surface area contributed by atoms with Gasteiger partial charge in [0.25, 0.3) is 5.91 Å². The molecule has 0 aliphatic heterocycles. The minimum atomic E-state index is -0.949. The number of amides is 1. The van der Waals surface area contributed by atoms with Crippen molar-refractivity contribution in [2.45, 2.75) is 12.8 Å². The second-order valence-corrected chi connectivity index (χ2v) is 3.42. The molecule has 6 heteroatoms. The first-order chi connectivity index (χ1) is 8.00. The fourth-order valence-electron chi connectivity index (χ4n) is 1.22. The average molecular weight is 241 g/mol. The number of hydrogen-bond donors (Lipinski definition) is 3. The summed E-state index contributed by atoms with van der Waals surface area (Å²) in [7, 11) is 0. The number of carbonyl (C=O) groups is 2. The number of halogens is 1. The van der Waals surface area contributed by atoms with Gasteiger partial charge in [-0.25, -0.2) is 4.39 Å². The van der Waals surface area contributed by atoms with Gasteiger partial charge in [-0.2, -0.15) is 0 Å². The summed E-state index contributed by atoms with van der Waals surface area (Å²) in [5, 5.41) is 19.7. The molecule has 0 spiro atoms. The summed E-state index contributed by atoms with van der Waals surface area (Å²) in [5.74, 6) is -2.66. The molecule has 17 heavy (non-hydrogen) atoms. The van der Waals surface area contributed by atoms with E-state index in [1.807, 2.05) is 0 Å². The first-order valence-electron chi connectivity index (χ1n) is 4.99. The minimum absolute atomic E-state index is 0.0572. The van der Waals surface area contributed by atoms with Gasteiger partial charge in [-0.3, -0.25) is 9.59 Å². The zero-order valence-electron chi connectivity index (χ0n) is 8.94. The quantitative estimate of drug-likeness (QED) is 0.674. The van der Waals surface area contributed by atoms with E-state index in [1.165, 1.54) is 6.07 Å².